The fraction of sp³-hybridized carbons (Fsp3) is 0.611. The van der Waals surface area contributed by atoms with Crippen LogP contribution in [0.3, 0.4) is 0 Å². The Hall–Kier alpha value is -2.15. The molecule has 1 fully saturated rings. The molecule has 0 N–H and O–H groups in total. The minimum atomic E-state index is 0.226. The second-order valence-corrected chi connectivity index (χ2v) is 6.70. The van der Waals surface area contributed by atoms with Gasteiger partial charge in [0.15, 0.2) is 0 Å². The van der Waals surface area contributed by atoms with Crippen LogP contribution in [0.25, 0.3) is 0 Å². The van der Waals surface area contributed by atoms with E-state index in [4.69, 9.17) is 0 Å². The van der Waals surface area contributed by atoms with Crippen LogP contribution in [-0.2, 0) is 24.4 Å². The van der Waals surface area contributed by atoms with Crippen LogP contribution >= 0.6 is 0 Å². The maximum Gasteiger partial charge on any atom is 0.224 e. The molecular weight excluding hydrogens is 316 g/mol. The van der Waals surface area contributed by atoms with Gasteiger partial charge in [-0.25, -0.2) is 0 Å². The molecule has 0 unspecified atom stereocenters. The molecule has 0 atom stereocenters. The third kappa shape index (κ3) is 4.28. The lowest BCUT2D eigenvalue weighted by molar-refractivity contribution is -0.133. The number of aryl methyl sites for hydroxylation is 4. The van der Waals surface area contributed by atoms with Gasteiger partial charge in [-0.3, -0.25) is 19.1 Å². The van der Waals surface area contributed by atoms with Gasteiger partial charge in [0.05, 0.1) is 5.69 Å². The zero-order chi connectivity index (χ0) is 17.8. The molecule has 0 saturated carbocycles. The van der Waals surface area contributed by atoms with E-state index < -0.39 is 0 Å². The second-order valence-electron chi connectivity index (χ2n) is 6.70. The standard InChI is InChI=1S/C18H28N6O/c1-4-23-14-17(16(3)20-23)13-21-9-11-22(12-10-21)18(25)6-8-24-15(2)5-7-19-24/h5,7,14H,4,6,8-13H2,1-3H3. The largest absolute Gasteiger partial charge is 0.340 e. The highest BCUT2D eigenvalue weighted by Crippen LogP contribution is 2.12. The van der Waals surface area contributed by atoms with Crippen molar-refractivity contribution in [3.05, 3.63) is 35.4 Å². The van der Waals surface area contributed by atoms with E-state index in [1.165, 1.54) is 5.56 Å². The summed E-state index contributed by atoms with van der Waals surface area (Å²) in [5.41, 5.74) is 3.49. The Kier molecular flexibility index (Phi) is 5.53. The van der Waals surface area contributed by atoms with Gasteiger partial charge < -0.3 is 4.90 Å². The van der Waals surface area contributed by atoms with E-state index in [-0.39, 0.29) is 5.91 Å². The van der Waals surface area contributed by atoms with Crippen molar-refractivity contribution in [1.82, 2.24) is 29.4 Å². The first kappa shape index (κ1) is 17.7. The summed E-state index contributed by atoms with van der Waals surface area (Å²) in [7, 11) is 0. The van der Waals surface area contributed by atoms with Crippen LogP contribution in [0, 0.1) is 13.8 Å². The summed E-state index contributed by atoms with van der Waals surface area (Å²) in [5.74, 6) is 0.226. The third-order valence-corrected chi connectivity index (χ3v) is 4.96. The highest BCUT2D eigenvalue weighted by Gasteiger charge is 2.22. The second kappa shape index (κ2) is 7.82. The highest BCUT2D eigenvalue weighted by molar-refractivity contribution is 5.76. The number of nitrogens with zero attached hydrogens (tertiary/aromatic N) is 6. The lowest BCUT2D eigenvalue weighted by atomic mass is 10.2. The molecule has 0 aliphatic carbocycles. The molecule has 1 aliphatic rings. The molecule has 1 aliphatic heterocycles. The highest BCUT2D eigenvalue weighted by atomic mass is 16.2. The summed E-state index contributed by atoms with van der Waals surface area (Å²) < 4.78 is 3.88. The molecule has 3 heterocycles. The minimum Gasteiger partial charge on any atom is -0.340 e. The lowest BCUT2D eigenvalue weighted by Gasteiger charge is -2.34. The quantitative estimate of drug-likeness (QED) is 0.796. The number of piperazine rings is 1. The van der Waals surface area contributed by atoms with Gasteiger partial charge in [-0.15, -0.1) is 0 Å². The third-order valence-electron chi connectivity index (χ3n) is 4.96. The van der Waals surface area contributed by atoms with E-state index in [0.29, 0.717) is 13.0 Å². The smallest absolute Gasteiger partial charge is 0.224 e. The molecule has 25 heavy (non-hydrogen) atoms. The normalized spacial score (nSPS) is 15.7. The Morgan fingerprint density at radius 2 is 1.96 bits per heavy atom. The van der Waals surface area contributed by atoms with Crippen molar-refractivity contribution in [3.8, 4) is 0 Å². The Bertz CT molecular complexity index is 711. The molecule has 1 amide bonds. The molecule has 2 aromatic heterocycles. The maximum absolute atomic E-state index is 12.4. The van der Waals surface area contributed by atoms with Crippen LogP contribution < -0.4 is 0 Å². The Morgan fingerprint density at radius 1 is 1.20 bits per heavy atom. The monoisotopic (exact) mass is 344 g/mol. The van der Waals surface area contributed by atoms with Crippen molar-refractivity contribution in [2.24, 2.45) is 0 Å². The van der Waals surface area contributed by atoms with Gasteiger partial charge in [-0.2, -0.15) is 10.2 Å². The first-order valence-corrected chi connectivity index (χ1v) is 9.08. The number of rotatable bonds is 6. The zero-order valence-corrected chi connectivity index (χ0v) is 15.5. The molecule has 0 spiro atoms. The van der Waals surface area contributed by atoms with Crippen LogP contribution in [0.15, 0.2) is 18.5 Å². The summed E-state index contributed by atoms with van der Waals surface area (Å²) in [6, 6.07) is 1.96. The van der Waals surface area contributed by atoms with Gasteiger partial charge in [0.25, 0.3) is 0 Å². The van der Waals surface area contributed by atoms with E-state index in [2.05, 4.69) is 35.1 Å². The number of carbonyl (C=O) groups excluding carboxylic acids is 1. The van der Waals surface area contributed by atoms with Gasteiger partial charge in [0, 0.05) is 75.9 Å². The van der Waals surface area contributed by atoms with Crippen molar-refractivity contribution in [1.29, 1.82) is 0 Å². The summed E-state index contributed by atoms with van der Waals surface area (Å²) >= 11 is 0. The fourth-order valence-electron chi connectivity index (χ4n) is 3.27. The number of aromatic nitrogens is 4. The van der Waals surface area contributed by atoms with Gasteiger partial charge >= 0.3 is 0 Å². The SMILES string of the molecule is CCn1cc(CN2CCN(C(=O)CCn3nccc3C)CC2)c(C)n1. The van der Waals surface area contributed by atoms with Crippen molar-refractivity contribution >= 4 is 5.91 Å². The van der Waals surface area contributed by atoms with Crippen molar-refractivity contribution in [3.63, 3.8) is 0 Å². The predicted molar refractivity (Wildman–Crippen MR) is 96.1 cm³/mol. The summed E-state index contributed by atoms with van der Waals surface area (Å²) in [4.78, 5) is 16.8. The topological polar surface area (TPSA) is 59.2 Å². The Balaban J connectivity index is 1.45. The van der Waals surface area contributed by atoms with E-state index in [0.717, 1.165) is 50.7 Å². The number of carbonyl (C=O) groups is 1. The van der Waals surface area contributed by atoms with Crippen LogP contribution in [0.5, 0.6) is 0 Å². The summed E-state index contributed by atoms with van der Waals surface area (Å²) in [6.45, 7) is 12.1. The molecule has 136 valence electrons. The van der Waals surface area contributed by atoms with Crippen LogP contribution in [0.4, 0.5) is 0 Å². The van der Waals surface area contributed by atoms with Gasteiger partial charge in [0.2, 0.25) is 5.91 Å². The first-order chi connectivity index (χ1) is 12.1. The Morgan fingerprint density at radius 3 is 2.56 bits per heavy atom. The molecule has 0 aromatic carbocycles. The van der Waals surface area contributed by atoms with Crippen LogP contribution in [0.1, 0.15) is 30.3 Å². The summed E-state index contributed by atoms with van der Waals surface area (Å²) in [5, 5.41) is 8.75. The van der Waals surface area contributed by atoms with Crippen molar-refractivity contribution < 1.29 is 4.79 Å². The summed E-state index contributed by atoms with van der Waals surface area (Å²) in [6.07, 6.45) is 4.44. The zero-order valence-electron chi connectivity index (χ0n) is 15.5. The number of amides is 1. The van der Waals surface area contributed by atoms with E-state index in [1.807, 2.05) is 27.3 Å². The molecular formula is C18H28N6O. The average molecular weight is 344 g/mol. The first-order valence-electron chi connectivity index (χ1n) is 9.08. The fourth-order valence-corrected chi connectivity index (χ4v) is 3.27. The Labute approximate surface area is 149 Å². The van der Waals surface area contributed by atoms with Crippen LogP contribution in [0.2, 0.25) is 0 Å². The number of hydrogen-bond donors (Lipinski definition) is 0. The molecule has 7 nitrogen and oxygen atoms in total. The molecule has 0 radical (unpaired) electrons. The van der Waals surface area contributed by atoms with Crippen LogP contribution in [-0.4, -0.2) is 61.4 Å². The molecule has 2 aromatic rings. The molecule has 0 bridgehead atoms. The van der Waals surface area contributed by atoms with E-state index >= 15 is 0 Å². The van der Waals surface area contributed by atoms with Gasteiger partial charge in [-0.1, -0.05) is 0 Å². The van der Waals surface area contributed by atoms with Gasteiger partial charge in [-0.05, 0) is 26.8 Å². The molecule has 3 rings (SSSR count). The number of hydrogen-bond acceptors (Lipinski definition) is 4. The van der Waals surface area contributed by atoms with E-state index in [1.54, 1.807) is 6.20 Å². The van der Waals surface area contributed by atoms with Gasteiger partial charge in [0.1, 0.15) is 0 Å². The molecule has 1 saturated heterocycles. The lowest BCUT2D eigenvalue weighted by Crippen LogP contribution is -2.48. The predicted octanol–water partition coefficient (Wildman–Crippen LogP) is 1.45. The maximum atomic E-state index is 12.4. The molecule has 7 heteroatoms. The van der Waals surface area contributed by atoms with Crippen molar-refractivity contribution in [2.75, 3.05) is 26.2 Å². The average Bonchev–Trinajstić information content (AvgIpc) is 3.19. The van der Waals surface area contributed by atoms with Crippen molar-refractivity contribution in [2.45, 2.75) is 46.8 Å². The minimum absolute atomic E-state index is 0.226. The van der Waals surface area contributed by atoms with E-state index in [9.17, 15) is 4.79 Å².